The van der Waals surface area contributed by atoms with Gasteiger partial charge in [-0.3, -0.25) is 9.59 Å². The normalized spacial score (nSPS) is 12.7. The second kappa shape index (κ2) is 7.13. The maximum atomic E-state index is 14.0. The molecule has 8 aromatic rings. The highest BCUT2D eigenvalue weighted by molar-refractivity contribution is 9.13. The van der Waals surface area contributed by atoms with Gasteiger partial charge < -0.3 is 0 Å². The smallest absolute Gasteiger partial charge is 0.196 e. The van der Waals surface area contributed by atoms with Crippen LogP contribution in [0.25, 0.3) is 75.4 Å². The molecule has 0 N–H and O–H groups in total. The van der Waals surface area contributed by atoms with E-state index in [9.17, 15) is 9.59 Å². The quantitative estimate of drug-likeness (QED) is 0.115. The van der Waals surface area contributed by atoms with Crippen LogP contribution in [0.2, 0.25) is 0 Å². The van der Waals surface area contributed by atoms with Crippen LogP contribution < -0.4 is 10.9 Å². The molecule has 0 heterocycles. The summed E-state index contributed by atoms with van der Waals surface area (Å²) in [5.74, 6) is 0. The Morgan fingerprint density at radius 1 is 0.417 bits per heavy atom. The van der Waals surface area contributed by atoms with Gasteiger partial charge in [0.2, 0.25) is 0 Å². The number of benzene rings is 8. The zero-order chi connectivity index (χ0) is 24.6. The topological polar surface area (TPSA) is 34.1 Å². The van der Waals surface area contributed by atoms with Gasteiger partial charge in [0.05, 0.1) is 0 Å². The fraction of sp³-hybridized carbons (Fsp3) is 0. The van der Waals surface area contributed by atoms with Gasteiger partial charge in [0.1, 0.15) is 0 Å². The summed E-state index contributed by atoms with van der Waals surface area (Å²) in [6.45, 7) is 0. The number of hydrogen-bond acceptors (Lipinski definition) is 2. The molecule has 8 aromatic carbocycles. The first-order valence-corrected chi connectivity index (χ1v) is 14.4. The number of halogens is 4. The van der Waals surface area contributed by atoms with E-state index in [-0.39, 0.29) is 10.9 Å². The molecule has 0 aliphatic carbocycles. The van der Waals surface area contributed by atoms with E-state index in [0.29, 0.717) is 21.5 Å². The monoisotopic (exact) mass is 718 g/mol. The van der Waals surface area contributed by atoms with Gasteiger partial charge in [0.25, 0.3) is 0 Å². The molecule has 0 saturated heterocycles. The second-order valence-electron chi connectivity index (χ2n) is 9.19. The van der Waals surface area contributed by atoms with Crippen molar-refractivity contribution in [2.75, 3.05) is 0 Å². The molecule has 0 saturated carbocycles. The zero-order valence-electron chi connectivity index (χ0n) is 18.1. The molecule has 170 valence electrons. The van der Waals surface area contributed by atoms with Gasteiger partial charge >= 0.3 is 0 Å². The molecule has 0 aliphatic rings. The largest absolute Gasteiger partial charge is 0.289 e. The van der Waals surface area contributed by atoms with Crippen LogP contribution in [-0.4, -0.2) is 0 Å². The van der Waals surface area contributed by atoms with Gasteiger partial charge in [-0.1, -0.05) is 58.4 Å². The Hall–Kier alpha value is -2.38. The minimum Gasteiger partial charge on any atom is -0.289 e. The lowest BCUT2D eigenvalue weighted by atomic mass is 9.84. The predicted octanol–water partition coefficient (Wildman–Crippen LogP) is 9.84. The van der Waals surface area contributed by atoms with Crippen LogP contribution in [0.4, 0.5) is 0 Å². The molecular weight excluding hydrogens is 712 g/mol. The number of rotatable bonds is 0. The van der Waals surface area contributed by atoms with E-state index >= 15 is 0 Å². The summed E-state index contributed by atoms with van der Waals surface area (Å²) >= 11 is 15.2. The molecular formula is C30H10Br4O2. The summed E-state index contributed by atoms with van der Waals surface area (Å²) in [4.78, 5) is 27.6. The van der Waals surface area contributed by atoms with Crippen LogP contribution in [0.5, 0.6) is 0 Å². The molecule has 0 aliphatic heterocycles. The summed E-state index contributed by atoms with van der Waals surface area (Å²) in [5, 5.41) is 12.5. The fourth-order valence-electron chi connectivity index (χ4n) is 6.16. The summed E-state index contributed by atoms with van der Waals surface area (Å²) in [6, 6.07) is 19.8. The van der Waals surface area contributed by atoms with Crippen molar-refractivity contribution in [3.05, 3.63) is 99.0 Å². The molecule has 0 fully saturated rings. The number of fused-ring (bicyclic) bond motifs is 4. The minimum absolute atomic E-state index is 0.0273. The lowest BCUT2D eigenvalue weighted by molar-refractivity contribution is 1.66. The van der Waals surface area contributed by atoms with E-state index in [0.717, 1.165) is 71.8 Å². The Kier molecular flexibility index (Phi) is 4.30. The summed E-state index contributed by atoms with van der Waals surface area (Å²) in [7, 11) is 0. The Balaban J connectivity index is 1.87. The van der Waals surface area contributed by atoms with E-state index in [1.165, 1.54) is 0 Å². The van der Waals surface area contributed by atoms with Crippen LogP contribution in [0.3, 0.4) is 0 Å². The Bertz CT molecular complexity index is 2400. The van der Waals surface area contributed by atoms with E-state index in [1.54, 1.807) is 0 Å². The Morgan fingerprint density at radius 3 is 1.89 bits per heavy atom. The summed E-state index contributed by atoms with van der Waals surface area (Å²) in [5.41, 5.74) is 0.00152. The fourth-order valence-corrected chi connectivity index (χ4v) is 8.95. The van der Waals surface area contributed by atoms with Crippen molar-refractivity contribution in [1.82, 2.24) is 0 Å². The maximum absolute atomic E-state index is 14.0. The summed E-state index contributed by atoms with van der Waals surface area (Å²) in [6.07, 6.45) is 0. The third-order valence-electron chi connectivity index (χ3n) is 7.57. The molecule has 0 amide bonds. The van der Waals surface area contributed by atoms with Crippen molar-refractivity contribution in [1.29, 1.82) is 0 Å². The van der Waals surface area contributed by atoms with Crippen molar-refractivity contribution in [3.63, 3.8) is 0 Å². The van der Waals surface area contributed by atoms with Crippen LogP contribution in [-0.2, 0) is 0 Å². The van der Waals surface area contributed by atoms with E-state index in [2.05, 4.69) is 69.8 Å². The van der Waals surface area contributed by atoms with Crippen molar-refractivity contribution < 1.29 is 0 Å². The van der Waals surface area contributed by atoms with E-state index in [4.69, 9.17) is 0 Å². The zero-order valence-corrected chi connectivity index (χ0v) is 24.4. The van der Waals surface area contributed by atoms with Crippen LogP contribution in [0, 0.1) is 0 Å². The molecule has 6 heteroatoms. The molecule has 0 spiro atoms. The molecule has 0 bridgehead atoms. The van der Waals surface area contributed by atoms with Gasteiger partial charge in [0, 0.05) is 66.4 Å². The molecule has 0 atom stereocenters. The van der Waals surface area contributed by atoms with Gasteiger partial charge in [-0.15, -0.1) is 0 Å². The first-order chi connectivity index (χ1) is 17.4. The average molecular weight is 722 g/mol. The van der Waals surface area contributed by atoms with Crippen LogP contribution >= 0.6 is 63.7 Å². The Labute approximate surface area is 236 Å². The second-order valence-corrected chi connectivity index (χ2v) is 12.4. The van der Waals surface area contributed by atoms with E-state index in [1.807, 2.05) is 54.6 Å². The lowest BCUT2D eigenvalue weighted by Crippen LogP contribution is -2.08. The average Bonchev–Trinajstić information content (AvgIpc) is 2.88. The maximum Gasteiger partial charge on any atom is 0.196 e. The van der Waals surface area contributed by atoms with Crippen LogP contribution in [0.1, 0.15) is 0 Å². The first-order valence-electron chi connectivity index (χ1n) is 11.2. The van der Waals surface area contributed by atoms with E-state index < -0.39 is 0 Å². The first kappa shape index (κ1) is 21.7. The van der Waals surface area contributed by atoms with Crippen LogP contribution in [0.15, 0.2) is 88.1 Å². The molecule has 2 nitrogen and oxygen atoms in total. The van der Waals surface area contributed by atoms with Gasteiger partial charge in [-0.25, -0.2) is 0 Å². The summed E-state index contributed by atoms with van der Waals surface area (Å²) < 4.78 is 3.23. The van der Waals surface area contributed by atoms with Crippen molar-refractivity contribution in [3.8, 4) is 0 Å². The van der Waals surface area contributed by atoms with Gasteiger partial charge in [-0.2, -0.15) is 0 Å². The minimum atomic E-state index is -0.0273. The predicted molar refractivity (Wildman–Crippen MR) is 166 cm³/mol. The highest BCUT2D eigenvalue weighted by Crippen LogP contribution is 2.53. The van der Waals surface area contributed by atoms with Crippen molar-refractivity contribution in [2.24, 2.45) is 0 Å². The van der Waals surface area contributed by atoms with Gasteiger partial charge in [-0.05, 0) is 92.9 Å². The van der Waals surface area contributed by atoms with Gasteiger partial charge in [0.15, 0.2) is 10.9 Å². The molecule has 0 unspecified atom stereocenters. The van der Waals surface area contributed by atoms with Crippen molar-refractivity contribution in [2.45, 2.75) is 0 Å². The Morgan fingerprint density at radius 2 is 1.08 bits per heavy atom. The third-order valence-corrected chi connectivity index (χ3v) is 11.1. The highest BCUT2D eigenvalue weighted by atomic mass is 79.9. The molecule has 8 rings (SSSR count). The number of hydrogen-bond donors (Lipinski definition) is 0. The highest BCUT2D eigenvalue weighted by Gasteiger charge is 2.27. The SMILES string of the molecule is O=c1c2ccccc2c2c(Br)c3c(Br)c(Br)c4c(=O)c5c(Br)cccc5c5cc6ccc1c2c6c3c45. The lowest BCUT2D eigenvalue weighted by Gasteiger charge is -2.22. The molecule has 0 aromatic heterocycles. The molecule has 36 heavy (non-hydrogen) atoms. The molecule has 0 radical (unpaired) electrons. The third kappa shape index (κ3) is 2.38. The standard InChI is InChI=1S/C30H10Br4O2/c31-17-7-3-6-13-16-10-11-8-9-15-20-18(11)23-21(16)25(30(36)19(13)17)28(34)27(33)24(23)26(32)22(20)12-4-1-2-5-14(12)29(15)35/h1-10H. The van der Waals surface area contributed by atoms with Crippen molar-refractivity contribution >= 4 is 139 Å².